The molecule has 0 fully saturated rings. The number of para-hydroxylation sites is 2. The molecule has 0 saturated heterocycles. The minimum Gasteiger partial charge on any atom is -0.508 e. The number of aromatic hydroxyl groups is 2. The number of ether oxygens (including phenoxy) is 1. The number of phenols is 2. The molecule has 0 unspecified atom stereocenters. The first-order valence-electron chi connectivity index (χ1n) is 12.3. The minimum atomic E-state index is -0.639. The van der Waals surface area contributed by atoms with Crippen molar-refractivity contribution >= 4 is 32.9 Å². The van der Waals surface area contributed by atoms with E-state index < -0.39 is 5.41 Å². The van der Waals surface area contributed by atoms with Crippen molar-refractivity contribution in [3.8, 4) is 23.0 Å². The zero-order chi connectivity index (χ0) is 24.7. The fourth-order valence-corrected chi connectivity index (χ4v) is 6.34. The summed E-state index contributed by atoms with van der Waals surface area (Å²) in [5, 5.41) is 27.7. The second-order valence-electron chi connectivity index (χ2n) is 9.76. The van der Waals surface area contributed by atoms with E-state index in [2.05, 4.69) is 78.1 Å². The minimum absolute atomic E-state index is 0.219. The number of fused-ring (bicyclic) bond motifs is 12. The Morgan fingerprint density at radius 2 is 1.00 bits per heavy atom. The zero-order valence-electron chi connectivity index (χ0n) is 19.7. The van der Waals surface area contributed by atoms with Gasteiger partial charge in [0.1, 0.15) is 23.0 Å². The van der Waals surface area contributed by atoms with Crippen LogP contribution in [0.15, 0.2) is 109 Å². The van der Waals surface area contributed by atoms with Crippen LogP contribution in [0.1, 0.15) is 22.3 Å². The molecule has 3 N–H and O–H groups in total. The van der Waals surface area contributed by atoms with Crippen LogP contribution in [0, 0.1) is 0 Å². The Balaban J connectivity index is 1.61. The quantitative estimate of drug-likeness (QED) is 0.207. The third-order valence-corrected chi connectivity index (χ3v) is 7.85. The number of nitrogens with one attached hydrogen (secondary N) is 1. The number of anilines is 2. The standard InChI is InChI=1S/C33H21NO3/c35-21-11-13-23-19(17-21)9-15-27-31(23)37-32-24-14-12-22(36)18-20(24)10-16-28(32)33(27)25-5-1-3-7-29(25)34-30-8-4-2-6-26(30)33/h1-18,34-36H. The van der Waals surface area contributed by atoms with Gasteiger partial charge in [-0.05, 0) is 70.4 Å². The van der Waals surface area contributed by atoms with E-state index in [1.165, 1.54) is 0 Å². The lowest BCUT2D eigenvalue weighted by atomic mass is 9.61. The molecule has 2 aliphatic rings. The van der Waals surface area contributed by atoms with Gasteiger partial charge in [0.05, 0.1) is 5.41 Å². The molecule has 0 radical (unpaired) electrons. The van der Waals surface area contributed by atoms with Gasteiger partial charge < -0.3 is 20.3 Å². The molecule has 0 atom stereocenters. The normalized spacial score (nSPS) is 14.3. The second kappa shape index (κ2) is 7.05. The number of rotatable bonds is 0. The van der Waals surface area contributed by atoms with E-state index in [-0.39, 0.29) is 11.5 Å². The van der Waals surface area contributed by atoms with Gasteiger partial charge in [-0.2, -0.15) is 0 Å². The van der Waals surface area contributed by atoms with Crippen LogP contribution in [0.3, 0.4) is 0 Å². The lowest BCUT2D eigenvalue weighted by Gasteiger charge is -2.46. The van der Waals surface area contributed by atoms with Crippen molar-refractivity contribution < 1.29 is 14.9 Å². The van der Waals surface area contributed by atoms with Crippen LogP contribution in [-0.2, 0) is 5.41 Å². The maximum Gasteiger partial charge on any atom is 0.140 e. The van der Waals surface area contributed by atoms with Crippen LogP contribution in [0.2, 0.25) is 0 Å². The van der Waals surface area contributed by atoms with Crippen molar-refractivity contribution in [3.63, 3.8) is 0 Å². The predicted molar refractivity (Wildman–Crippen MR) is 146 cm³/mol. The van der Waals surface area contributed by atoms with E-state index in [0.29, 0.717) is 0 Å². The Morgan fingerprint density at radius 3 is 1.51 bits per heavy atom. The first-order valence-corrected chi connectivity index (χ1v) is 12.3. The SMILES string of the molecule is Oc1ccc2c3c(ccc2c1)C1(c2ccccc2Nc2ccccc21)c1ccc2cc(O)ccc2c1O3. The summed E-state index contributed by atoms with van der Waals surface area (Å²) < 4.78 is 6.86. The Morgan fingerprint density at radius 1 is 0.514 bits per heavy atom. The topological polar surface area (TPSA) is 61.7 Å². The zero-order valence-corrected chi connectivity index (χ0v) is 19.7. The molecular weight excluding hydrogens is 458 g/mol. The summed E-state index contributed by atoms with van der Waals surface area (Å²) in [6.07, 6.45) is 0. The largest absolute Gasteiger partial charge is 0.508 e. The highest BCUT2D eigenvalue weighted by Crippen LogP contribution is 2.62. The molecule has 2 heterocycles. The molecular formula is C33H21NO3. The van der Waals surface area contributed by atoms with Crippen LogP contribution >= 0.6 is 0 Å². The Bertz CT molecular complexity index is 1790. The molecule has 0 bridgehead atoms. The highest BCUT2D eigenvalue weighted by atomic mass is 16.5. The average Bonchev–Trinajstić information content (AvgIpc) is 2.92. The van der Waals surface area contributed by atoms with Crippen LogP contribution in [0.4, 0.5) is 11.4 Å². The lowest BCUT2D eigenvalue weighted by Crippen LogP contribution is -2.37. The summed E-state index contributed by atoms with van der Waals surface area (Å²) in [7, 11) is 0. The molecule has 6 aromatic carbocycles. The van der Waals surface area contributed by atoms with E-state index >= 15 is 0 Å². The maximum absolute atomic E-state index is 10.2. The van der Waals surface area contributed by atoms with Crippen molar-refractivity contribution in [2.45, 2.75) is 5.41 Å². The van der Waals surface area contributed by atoms with Gasteiger partial charge in [-0.3, -0.25) is 0 Å². The van der Waals surface area contributed by atoms with Crippen molar-refractivity contribution in [1.29, 1.82) is 0 Å². The van der Waals surface area contributed by atoms with E-state index in [0.717, 1.165) is 66.7 Å². The Labute approximate surface area is 213 Å². The molecule has 8 rings (SSSR count). The third kappa shape index (κ3) is 2.56. The maximum atomic E-state index is 10.2. The summed E-state index contributed by atoms with van der Waals surface area (Å²) >= 11 is 0. The molecule has 37 heavy (non-hydrogen) atoms. The van der Waals surface area contributed by atoms with Gasteiger partial charge in [-0.1, -0.05) is 60.7 Å². The van der Waals surface area contributed by atoms with Crippen molar-refractivity contribution in [2.75, 3.05) is 5.32 Å². The summed E-state index contributed by atoms with van der Waals surface area (Å²) in [6.45, 7) is 0. The van der Waals surface area contributed by atoms with Gasteiger partial charge in [-0.25, -0.2) is 0 Å². The molecule has 0 amide bonds. The van der Waals surface area contributed by atoms with E-state index in [9.17, 15) is 10.2 Å². The van der Waals surface area contributed by atoms with E-state index in [1.807, 2.05) is 12.1 Å². The molecule has 1 spiro atoms. The van der Waals surface area contributed by atoms with Gasteiger partial charge in [0, 0.05) is 33.3 Å². The number of hydrogen-bond acceptors (Lipinski definition) is 4. The highest BCUT2D eigenvalue weighted by Gasteiger charge is 2.50. The smallest absolute Gasteiger partial charge is 0.140 e. The average molecular weight is 480 g/mol. The van der Waals surface area contributed by atoms with Gasteiger partial charge in [0.25, 0.3) is 0 Å². The third-order valence-electron chi connectivity index (χ3n) is 7.85. The number of hydrogen-bond donors (Lipinski definition) is 3. The summed E-state index contributed by atoms with van der Waals surface area (Å²) in [6, 6.07) is 36.1. The molecule has 0 saturated carbocycles. The first kappa shape index (κ1) is 20.3. The summed E-state index contributed by atoms with van der Waals surface area (Å²) in [5.74, 6) is 1.99. The fraction of sp³-hybridized carbons (Fsp3) is 0.0303. The Hall–Kier alpha value is -4.96. The van der Waals surface area contributed by atoms with Crippen LogP contribution in [0.5, 0.6) is 23.0 Å². The molecule has 4 heteroatoms. The lowest BCUT2D eigenvalue weighted by molar-refractivity contribution is 0.444. The van der Waals surface area contributed by atoms with E-state index in [1.54, 1.807) is 24.3 Å². The van der Waals surface area contributed by atoms with Gasteiger partial charge in [0.2, 0.25) is 0 Å². The molecule has 4 nitrogen and oxygen atoms in total. The molecule has 2 aliphatic heterocycles. The Kier molecular flexibility index (Phi) is 3.86. The van der Waals surface area contributed by atoms with Crippen LogP contribution < -0.4 is 10.1 Å². The van der Waals surface area contributed by atoms with Crippen molar-refractivity contribution in [1.82, 2.24) is 0 Å². The summed E-state index contributed by atoms with van der Waals surface area (Å²) in [4.78, 5) is 0. The molecule has 176 valence electrons. The molecule has 6 aromatic rings. The monoisotopic (exact) mass is 479 g/mol. The molecule has 0 aliphatic carbocycles. The van der Waals surface area contributed by atoms with Crippen LogP contribution in [0.25, 0.3) is 21.5 Å². The van der Waals surface area contributed by atoms with Gasteiger partial charge in [0.15, 0.2) is 0 Å². The number of benzene rings is 6. The van der Waals surface area contributed by atoms with Gasteiger partial charge >= 0.3 is 0 Å². The first-order chi connectivity index (χ1) is 18.1. The van der Waals surface area contributed by atoms with Gasteiger partial charge in [-0.15, -0.1) is 0 Å². The van der Waals surface area contributed by atoms with E-state index in [4.69, 9.17) is 4.74 Å². The molecule has 0 aromatic heterocycles. The predicted octanol–water partition coefficient (Wildman–Crippen LogP) is 7.95. The van der Waals surface area contributed by atoms with Crippen molar-refractivity contribution in [2.24, 2.45) is 0 Å². The highest BCUT2D eigenvalue weighted by molar-refractivity contribution is 5.99. The second-order valence-corrected chi connectivity index (χ2v) is 9.76. The van der Waals surface area contributed by atoms with Crippen molar-refractivity contribution in [3.05, 3.63) is 131 Å². The fourth-order valence-electron chi connectivity index (χ4n) is 6.34. The summed E-state index contributed by atoms with van der Waals surface area (Å²) in [5.41, 5.74) is 5.87. The number of phenolic OH excluding ortho intramolecular Hbond substituents is 2. The van der Waals surface area contributed by atoms with Crippen LogP contribution in [-0.4, -0.2) is 10.2 Å².